The molecular formula is C36H36Cl2N4O3. The molecule has 0 radical (unpaired) electrons. The smallest absolute Gasteiger partial charge is 0.219 e. The molecule has 9 heteroatoms. The van der Waals surface area contributed by atoms with Gasteiger partial charge in [-0.3, -0.25) is 9.69 Å². The van der Waals surface area contributed by atoms with Crippen LogP contribution in [0.3, 0.4) is 0 Å². The Hall–Kier alpha value is -3.65. The molecule has 1 saturated heterocycles. The number of hydrogen-bond acceptors (Lipinski definition) is 6. The summed E-state index contributed by atoms with van der Waals surface area (Å²) in [5.74, 6) is 1.45. The van der Waals surface area contributed by atoms with E-state index in [0.717, 1.165) is 97.5 Å². The van der Waals surface area contributed by atoms with E-state index in [2.05, 4.69) is 17.0 Å². The van der Waals surface area contributed by atoms with Gasteiger partial charge in [0.2, 0.25) is 17.7 Å². The van der Waals surface area contributed by atoms with Crippen molar-refractivity contribution in [3.05, 3.63) is 80.8 Å². The number of halogens is 2. The summed E-state index contributed by atoms with van der Waals surface area (Å²) in [5.41, 5.74) is 9.76. The van der Waals surface area contributed by atoms with Crippen LogP contribution in [0.2, 0.25) is 10.0 Å². The largest absolute Gasteiger partial charge is 0.481 e. The lowest BCUT2D eigenvalue weighted by atomic mass is 9.97. The fourth-order valence-electron chi connectivity index (χ4n) is 7.32. The van der Waals surface area contributed by atoms with Crippen molar-refractivity contribution in [3.63, 3.8) is 0 Å². The molecule has 1 atom stereocenters. The standard InChI is InChI=1S/C36H36Cl2N4O3/c1-21(43)41-15-17-42(18-16-41)31-14-13-23-20-30(40-36(45-3)32(23)31)28-12-6-10-26(34(28)38)25-9-5-11-27(33(25)37)29-19-22-7-4-8-24(22)35(39-29)44-2/h5-6,9-12,19-20,31H,4,7-8,13-18H2,1-3H3. The van der Waals surface area contributed by atoms with Crippen LogP contribution < -0.4 is 9.47 Å². The van der Waals surface area contributed by atoms with E-state index in [9.17, 15) is 4.79 Å². The van der Waals surface area contributed by atoms with Crippen molar-refractivity contribution in [2.24, 2.45) is 0 Å². The number of amides is 1. The van der Waals surface area contributed by atoms with Gasteiger partial charge in [-0.05, 0) is 55.4 Å². The van der Waals surface area contributed by atoms with Gasteiger partial charge in [-0.2, -0.15) is 0 Å². The van der Waals surface area contributed by atoms with Crippen LogP contribution in [0, 0.1) is 0 Å². The van der Waals surface area contributed by atoms with Crippen molar-refractivity contribution in [1.29, 1.82) is 0 Å². The van der Waals surface area contributed by atoms with E-state index >= 15 is 0 Å². The average Bonchev–Trinajstić information content (AvgIpc) is 3.72. The molecule has 232 valence electrons. The Labute approximate surface area is 274 Å². The second kappa shape index (κ2) is 12.3. The first-order valence-electron chi connectivity index (χ1n) is 15.6. The van der Waals surface area contributed by atoms with Crippen molar-refractivity contribution in [2.45, 2.75) is 45.1 Å². The minimum atomic E-state index is 0.137. The highest BCUT2D eigenvalue weighted by Crippen LogP contribution is 2.46. The van der Waals surface area contributed by atoms with Gasteiger partial charge in [0.1, 0.15) is 0 Å². The van der Waals surface area contributed by atoms with E-state index < -0.39 is 0 Å². The molecule has 1 fully saturated rings. The molecule has 2 aliphatic carbocycles. The number of carbonyl (C=O) groups excluding carboxylic acids is 1. The first-order valence-corrected chi connectivity index (χ1v) is 16.4. The summed E-state index contributed by atoms with van der Waals surface area (Å²) in [7, 11) is 3.35. The maximum absolute atomic E-state index is 11.9. The molecule has 2 aromatic carbocycles. The molecule has 2 aromatic heterocycles. The normalized spacial score (nSPS) is 17.7. The summed E-state index contributed by atoms with van der Waals surface area (Å²) in [6, 6.07) is 16.5. The number of rotatable bonds is 6. The molecule has 1 aliphatic heterocycles. The molecule has 0 saturated carbocycles. The summed E-state index contributed by atoms with van der Waals surface area (Å²) in [4.78, 5) is 26.1. The molecule has 1 amide bonds. The predicted molar refractivity (Wildman–Crippen MR) is 178 cm³/mol. The van der Waals surface area contributed by atoms with Gasteiger partial charge < -0.3 is 14.4 Å². The lowest BCUT2D eigenvalue weighted by Crippen LogP contribution is -2.48. The quantitative estimate of drug-likeness (QED) is 0.218. The number of piperazine rings is 1. The molecule has 7 nitrogen and oxygen atoms in total. The Morgan fingerprint density at radius 3 is 1.96 bits per heavy atom. The van der Waals surface area contributed by atoms with Crippen LogP contribution in [0.5, 0.6) is 11.8 Å². The molecular weight excluding hydrogens is 607 g/mol. The molecule has 3 heterocycles. The van der Waals surface area contributed by atoms with Gasteiger partial charge in [-0.15, -0.1) is 0 Å². The number of aromatic nitrogens is 2. The summed E-state index contributed by atoms with van der Waals surface area (Å²) in [6.45, 7) is 4.82. The van der Waals surface area contributed by atoms with Crippen molar-refractivity contribution >= 4 is 29.1 Å². The molecule has 45 heavy (non-hydrogen) atoms. The van der Waals surface area contributed by atoms with Crippen LogP contribution in [0.4, 0.5) is 0 Å². The lowest BCUT2D eigenvalue weighted by Gasteiger charge is -2.38. The number of methoxy groups -OCH3 is 2. The zero-order chi connectivity index (χ0) is 31.2. The highest BCUT2D eigenvalue weighted by molar-refractivity contribution is 6.39. The third-order valence-electron chi connectivity index (χ3n) is 9.61. The Balaban J connectivity index is 1.23. The van der Waals surface area contributed by atoms with Gasteiger partial charge in [0.15, 0.2) is 0 Å². The molecule has 7 rings (SSSR count). The van der Waals surface area contributed by atoms with Crippen LogP contribution in [0.1, 0.15) is 48.1 Å². The first-order chi connectivity index (χ1) is 21.9. The fourth-order valence-corrected chi connectivity index (χ4v) is 7.97. The SMILES string of the molecule is COc1nc(-c2cccc(-c3cccc(-c4cc5c(c(OC)n4)C(N4CCN(C(C)=O)CC4)CC5)c3Cl)c2Cl)cc2c1CCC2. The monoisotopic (exact) mass is 642 g/mol. The highest BCUT2D eigenvalue weighted by atomic mass is 35.5. The second-order valence-electron chi connectivity index (χ2n) is 12.0. The van der Waals surface area contributed by atoms with Crippen LogP contribution in [0.25, 0.3) is 33.6 Å². The Bertz CT molecular complexity index is 1800. The van der Waals surface area contributed by atoms with E-state index in [1.54, 1.807) is 21.1 Å². The van der Waals surface area contributed by atoms with Crippen molar-refractivity contribution in [1.82, 2.24) is 19.8 Å². The minimum absolute atomic E-state index is 0.137. The maximum Gasteiger partial charge on any atom is 0.219 e. The summed E-state index contributed by atoms with van der Waals surface area (Å²) >= 11 is 14.3. The maximum atomic E-state index is 11.9. The number of hydrogen-bond donors (Lipinski definition) is 0. The topological polar surface area (TPSA) is 67.8 Å². The number of ether oxygens (including phenoxy) is 2. The van der Waals surface area contributed by atoms with Crippen LogP contribution in [-0.4, -0.2) is 66.1 Å². The molecule has 0 spiro atoms. The summed E-state index contributed by atoms with van der Waals surface area (Å²) in [6.07, 6.45) is 5.03. The molecule has 0 N–H and O–H groups in total. The first kappa shape index (κ1) is 30.0. The summed E-state index contributed by atoms with van der Waals surface area (Å²) < 4.78 is 11.6. The number of benzene rings is 2. The molecule has 1 unspecified atom stereocenters. The van der Waals surface area contributed by atoms with Crippen LogP contribution in [-0.2, 0) is 24.1 Å². The second-order valence-corrected chi connectivity index (χ2v) is 12.8. The minimum Gasteiger partial charge on any atom is -0.481 e. The zero-order valence-electron chi connectivity index (χ0n) is 25.8. The van der Waals surface area contributed by atoms with E-state index in [-0.39, 0.29) is 11.9 Å². The fraction of sp³-hybridized carbons (Fsp3) is 0.361. The van der Waals surface area contributed by atoms with Crippen LogP contribution in [0.15, 0.2) is 48.5 Å². The van der Waals surface area contributed by atoms with Crippen molar-refractivity contribution in [2.75, 3.05) is 40.4 Å². The molecule has 0 bridgehead atoms. The number of pyridine rings is 2. The number of nitrogens with zero attached hydrogens (tertiary/aromatic N) is 4. The van der Waals surface area contributed by atoms with Crippen molar-refractivity contribution < 1.29 is 14.3 Å². The Morgan fingerprint density at radius 2 is 1.36 bits per heavy atom. The van der Waals surface area contributed by atoms with Gasteiger partial charge in [0.25, 0.3) is 0 Å². The lowest BCUT2D eigenvalue weighted by molar-refractivity contribution is -0.130. The van der Waals surface area contributed by atoms with Gasteiger partial charge in [-0.1, -0.05) is 59.6 Å². The third kappa shape index (κ3) is 5.35. The van der Waals surface area contributed by atoms with E-state index in [1.165, 1.54) is 16.7 Å². The number of carbonyl (C=O) groups is 1. The van der Waals surface area contributed by atoms with Gasteiger partial charge >= 0.3 is 0 Å². The van der Waals surface area contributed by atoms with Crippen LogP contribution >= 0.6 is 23.2 Å². The van der Waals surface area contributed by atoms with E-state index in [4.69, 9.17) is 42.6 Å². The van der Waals surface area contributed by atoms with Gasteiger partial charge in [0, 0.05) is 72.5 Å². The Morgan fingerprint density at radius 1 is 0.778 bits per heavy atom. The average molecular weight is 644 g/mol. The molecule has 4 aromatic rings. The Kier molecular flexibility index (Phi) is 8.19. The number of fused-ring (bicyclic) bond motifs is 2. The number of aryl methyl sites for hydroxylation is 2. The van der Waals surface area contributed by atoms with Gasteiger partial charge in [-0.25, -0.2) is 9.97 Å². The molecule has 3 aliphatic rings. The van der Waals surface area contributed by atoms with E-state index in [1.807, 2.05) is 41.3 Å². The summed E-state index contributed by atoms with van der Waals surface area (Å²) in [5, 5.41) is 1.18. The van der Waals surface area contributed by atoms with Crippen molar-refractivity contribution in [3.8, 4) is 45.4 Å². The highest BCUT2D eigenvalue weighted by Gasteiger charge is 2.35. The zero-order valence-corrected chi connectivity index (χ0v) is 27.3. The van der Waals surface area contributed by atoms with E-state index in [0.29, 0.717) is 21.8 Å². The third-order valence-corrected chi connectivity index (χ3v) is 10.4. The van der Waals surface area contributed by atoms with Gasteiger partial charge in [0.05, 0.1) is 35.7 Å². The predicted octanol–water partition coefficient (Wildman–Crippen LogP) is 7.44.